The Balaban J connectivity index is 1.28. The molecule has 0 radical (unpaired) electrons. The minimum atomic E-state index is 0.138. The van der Waals surface area contributed by atoms with Gasteiger partial charge in [-0.1, -0.05) is 43.3 Å². The summed E-state index contributed by atoms with van der Waals surface area (Å²) < 4.78 is 0. The van der Waals surface area contributed by atoms with Gasteiger partial charge in [0.05, 0.1) is 16.6 Å². The average Bonchev–Trinajstić information content (AvgIpc) is 2.91. The van der Waals surface area contributed by atoms with Gasteiger partial charge in [0.15, 0.2) is 0 Å². The summed E-state index contributed by atoms with van der Waals surface area (Å²) in [4.78, 5) is 30.4. The maximum absolute atomic E-state index is 13.9. The molecule has 0 aliphatic carbocycles. The minimum absolute atomic E-state index is 0.138. The van der Waals surface area contributed by atoms with Gasteiger partial charge in [-0.15, -0.1) is 0 Å². The number of piperazine rings is 1. The summed E-state index contributed by atoms with van der Waals surface area (Å²) in [5.41, 5.74) is 5.00. The van der Waals surface area contributed by atoms with Gasteiger partial charge in [-0.05, 0) is 30.8 Å². The first kappa shape index (κ1) is 21.1. The van der Waals surface area contributed by atoms with Gasteiger partial charge >= 0.3 is 0 Å². The number of carbonyl (C=O) groups excluding carboxylic acids is 1. The van der Waals surface area contributed by atoms with Crippen LogP contribution in [0.1, 0.15) is 28.5 Å². The maximum Gasteiger partial charge on any atom is 0.255 e. The van der Waals surface area contributed by atoms with Crippen LogP contribution in [0.15, 0.2) is 60.7 Å². The van der Waals surface area contributed by atoms with E-state index in [1.165, 1.54) is 0 Å². The van der Waals surface area contributed by atoms with Gasteiger partial charge in [0.2, 0.25) is 0 Å². The first-order chi connectivity index (χ1) is 16.7. The number of carbonyl (C=O) groups is 1. The van der Waals surface area contributed by atoms with Crippen molar-refractivity contribution in [2.24, 2.45) is 0 Å². The van der Waals surface area contributed by atoms with E-state index in [2.05, 4.69) is 47.1 Å². The Morgan fingerprint density at radius 1 is 0.853 bits per heavy atom. The first-order valence-electron chi connectivity index (χ1n) is 12.2. The van der Waals surface area contributed by atoms with Crippen molar-refractivity contribution in [2.45, 2.75) is 19.9 Å². The molecule has 2 aliphatic heterocycles. The molecule has 1 fully saturated rings. The number of para-hydroxylation sites is 2. The molecule has 2 aliphatic rings. The van der Waals surface area contributed by atoms with Gasteiger partial charge in [-0.2, -0.15) is 0 Å². The third-order valence-electron chi connectivity index (χ3n) is 7.26. The van der Waals surface area contributed by atoms with Gasteiger partial charge in [-0.3, -0.25) is 14.7 Å². The van der Waals surface area contributed by atoms with Crippen molar-refractivity contribution in [1.29, 1.82) is 0 Å². The number of likely N-dealkylation sites (N-methyl/N-ethyl adjacent to an activating group) is 1. The van der Waals surface area contributed by atoms with E-state index in [1.54, 1.807) is 0 Å². The van der Waals surface area contributed by atoms with E-state index in [4.69, 9.17) is 9.97 Å². The molecule has 0 saturated carbocycles. The van der Waals surface area contributed by atoms with E-state index in [0.717, 1.165) is 83.6 Å². The second kappa shape index (κ2) is 8.69. The van der Waals surface area contributed by atoms with Gasteiger partial charge in [-0.25, -0.2) is 4.98 Å². The molecule has 34 heavy (non-hydrogen) atoms. The lowest BCUT2D eigenvalue weighted by atomic mass is 9.94. The van der Waals surface area contributed by atoms with Crippen LogP contribution in [0.25, 0.3) is 21.8 Å². The van der Waals surface area contributed by atoms with E-state index in [-0.39, 0.29) is 5.91 Å². The summed E-state index contributed by atoms with van der Waals surface area (Å²) in [6.45, 7) is 7.91. The van der Waals surface area contributed by atoms with Gasteiger partial charge in [0.25, 0.3) is 5.91 Å². The van der Waals surface area contributed by atoms with Crippen LogP contribution in [-0.4, -0.2) is 64.9 Å². The quantitative estimate of drug-likeness (QED) is 0.469. The van der Waals surface area contributed by atoms with E-state index < -0.39 is 0 Å². The fourth-order valence-electron chi connectivity index (χ4n) is 5.29. The molecule has 1 amide bonds. The molecule has 4 aromatic rings. The minimum Gasteiger partial charge on any atom is -0.353 e. The van der Waals surface area contributed by atoms with Crippen LogP contribution in [-0.2, 0) is 13.0 Å². The van der Waals surface area contributed by atoms with Crippen LogP contribution in [0.2, 0.25) is 0 Å². The Bertz CT molecular complexity index is 1380. The molecule has 0 spiro atoms. The molecule has 0 N–H and O–H groups in total. The van der Waals surface area contributed by atoms with Crippen LogP contribution >= 0.6 is 0 Å². The summed E-state index contributed by atoms with van der Waals surface area (Å²) in [5, 5.41) is 2.12. The van der Waals surface area contributed by atoms with Crippen LogP contribution in [0, 0.1) is 0 Å². The van der Waals surface area contributed by atoms with Crippen molar-refractivity contribution in [3.63, 3.8) is 0 Å². The Labute approximate surface area is 199 Å². The molecule has 6 heteroatoms. The molecule has 0 atom stereocenters. The number of anilines is 1. The van der Waals surface area contributed by atoms with E-state index >= 15 is 0 Å². The predicted octanol–water partition coefficient (Wildman–Crippen LogP) is 4.12. The van der Waals surface area contributed by atoms with Crippen molar-refractivity contribution >= 4 is 33.5 Å². The fourth-order valence-corrected chi connectivity index (χ4v) is 5.29. The van der Waals surface area contributed by atoms with Crippen molar-refractivity contribution < 1.29 is 4.79 Å². The smallest absolute Gasteiger partial charge is 0.255 e. The average molecular weight is 452 g/mol. The van der Waals surface area contributed by atoms with Crippen LogP contribution in [0.5, 0.6) is 0 Å². The third-order valence-corrected chi connectivity index (χ3v) is 7.26. The van der Waals surface area contributed by atoms with Crippen LogP contribution < -0.4 is 4.90 Å². The number of hydrogen-bond acceptors (Lipinski definition) is 5. The lowest BCUT2D eigenvalue weighted by molar-refractivity contribution is 0.0745. The second-order valence-corrected chi connectivity index (χ2v) is 9.19. The standard InChI is InChI=1S/C28H29N5O/c1-2-31-14-13-25-22(19-31)27(21-8-4-6-10-24(21)29-25)28(34)33-17-15-32(16-18-33)26-12-11-20-7-3-5-9-23(20)30-26/h3-12H,2,13-19H2,1H3. The molecule has 6 nitrogen and oxygen atoms in total. The summed E-state index contributed by atoms with van der Waals surface area (Å²) in [5.74, 6) is 1.12. The number of aromatic nitrogens is 2. The van der Waals surface area contributed by atoms with E-state index in [0.29, 0.717) is 13.1 Å². The van der Waals surface area contributed by atoms with Crippen molar-refractivity contribution in [3.8, 4) is 0 Å². The molecular weight excluding hydrogens is 422 g/mol. The summed E-state index contributed by atoms with van der Waals surface area (Å²) >= 11 is 0. The van der Waals surface area contributed by atoms with Gasteiger partial charge < -0.3 is 9.80 Å². The zero-order chi connectivity index (χ0) is 23.1. The van der Waals surface area contributed by atoms with Crippen LogP contribution in [0.4, 0.5) is 5.82 Å². The number of rotatable bonds is 3. The summed E-state index contributed by atoms with van der Waals surface area (Å²) in [6, 6.07) is 20.5. The van der Waals surface area contributed by atoms with Crippen LogP contribution in [0.3, 0.4) is 0 Å². The highest BCUT2D eigenvalue weighted by Gasteiger charge is 2.30. The zero-order valence-electron chi connectivity index (χ0n) is 19.6. The molecule has 0 unspecified atom stereocenters. The van der Waals surface area contributed by atoms with E-state index in [9.17, 15) is 4.79 Å². The molecule has 2 aromatic heterocycles. The molecule has 6 rings (SSSR count). The highest BCUT2D eigenvalue weighted by atomic mass is 16.2. The number of benzene rings is 2. The van der Waals surface area contributed by atoms with Crippen molar-refractivity contribution in [2.75, 3.05) is 44.2 Å². The Hall–Kier alpha value is -3.51. The monoisotopic (exact) mass is 451 g/mol. The highest BCUT2D eigenvalue weighted by Crippen LogP contribution is 2.30. The lowest BCUT2D eigenvalue weighted by Crippen LogP contribution is -2.49. The Morgan fingerprint density at radius 2 is 1.62 bits per heavy atom. The maximum atomic E-state index is 13.9. The first-order valence-corrected chi connectivity index (χ1v) is 12.2. The lowest BCUT2D eigenvalue weighted by Gasteiger charge is -2.36. The summed E-state index contributed by atoms with van der Waals surface area (Å²) in [6.07, 6.45) is 0.899. The molecule has 172 valence electrons. The number of amides is 1. The normalized spacial score (nSPS) is 16.7. The zero-order valence-corrected chi connectivity index (χ0v) is 19.6. The fraction of sp³-hybridized carbons (Fsp3) is 0.321. The highest BCUT2D eigenvalue weighted by molar-refractivity contribution is 6.07. The van der Waals surface area contributed by atoms with Gasteiger partial charge in [0.1, 0.15) is 5.82 Å². The van der Waals surface area contributed by atoms with Crippen molar-refractivity contribution in [1.82, 2.24) is 19.8 Å². The number of fused-ring (bicyclic) bond motifs is 3. The Kier molecular flexibility index (Phi) is 5.38. The number of hydrogen-bond donors (Lipinski definition) is 0. The topological polar surface area (TPSA) is 52.6 Å². The largest absolute Gasteiger partial charge is 0.353 e. The molecule has 1 saturated heterocycles. The number of pyridine rings is 2. The van der Waals surface area contributed by atoms with Gasteiger partial charge in [0, 0.05) is 67.7 Å². The third kappa shape index (κ3) is 3.68. The SMILES string of the molecule is CCN1CCc2nc3ccccc3c(C(=O)N3CCN(c4ccc5ccccc5n4)CC3)c2C1. The van der Waals surface area contributed by atoms with Crippen molar-refractivity contribution in [3.05, 3.63) is 77.5 Å². The molecule has 4 heterocycles. The molecule has 2 aromatic carbocycles. The Morgan fingerprint density at radius 3 is 2.44 bits per heavy atom. The summed E-state index contributed by atoms with van der Waals surface area (Å²) in [7, 11) is 0. The number of nitrogens with zero attached hydrogens (tertiary/aromatic N) is 5. The molecule has 0 bridgehead atoms. The predicted molar refractivity (Wildman–Crippen MR) is 136 cm³/mol. The molecular formula is C28H29N5O. The second-order valence-electron chi connectivity index (χ2n) is 9.19. The van der Waals surface area contributed by atoms with E-state index in [1.807, 2.05) is 35.2 Å².